The second kappa shape index (κ2) is 5.42. The van der Waals surface area contributed by atoms with Gasteiger partial charge in [-0.1, -0.05) is 6.07 Å². The van der Waals surface area contributed by atoms with Gasteiger partial charge in [-0.2, -0.15) is 0 Å². The Balaban J connectivity index is 1.92. The summed E-state index contributed by atoms with van der Waals surface area (Å²) in [7, 11) is 0. The molecule has 0 saturated heterocycles. The van der Waals surface area contributed by atoms with Crippen LogP contribution in [0, 0.1) is 13.8 Å². The van der Waals surface area contributed by atoms with Crippen molar-refractivity contribution in [3.63, 3.8) is 0 Å². The van der Waals surface area contributed by atoms with E-state index in [1.165, 1.54) is 0 Å². The summed E-state index contributed by atoms with van der Waals surface area (Å²) in [6.45, 7) is 7.01. The predicted octanol–water partition coefficient (Wildman–Crippen LogP) is 2.69. The van der Waals surface area contributed by atoms with Crippen LogP contribution < -0.4 is 4.74 Å². The monoisotopic (exact) mass is 247 g/mol. The van der Waals surface area contributed by atoms with Crippen molar-refractivity contribution >= 4 is 5.91 Å². The van der Waals surface area contributed by atoms with Crippen LogP contribution in [0.15, 0.2) is 18.2 Å². The van der Waals surface area contributed by atoms with Crippen LogP contribution in [0.5, 0.6) is 5.75 Å². The van der Waals surface area contributed by atoms with E-state index in [0.717, 1.165) is 36.3 Å². The van der Waals surface area contributed by atoms with Crippen molar-refractivity contribution in [2.75, 3.05) is 13.2 Å². The number of rotatable bonds is 5. The van der Waals surface area contributed by atoms with Gasteiger partial charge in [0.2, 0.25) is 0 Å². The highest BCUT2D eigenvalue weighted by atomic mass is 16.5. The third-order valence-electron chi connectivity index (χ3n) is 3.21. The summed E-state index contributed by atoms with van der Waals surface area (Å²) in [5.74, 6) is 0.881. The van der Waals surface area contributed by atoms with Crippen LogP contribution in [-0.2, 0) is 4.79 Å². The van der Waals surface area contributed by atoms with E-state index in [1.807, 2.05) is 37.8 Å². The molecule has 3 heteroatoms. The Hall–Kier alpha value is -1.51. The molecule has 0 atom stereocenters. The summed E-state index contributed by atoms with van der Waals surface area (Å²) in [5.41, 5.74) is 2.32. The molecule has 1 saturated carbocycles. The quantitative estimate of drug-likeness (QED) is 0.800. The molecule has 0 aliphatic heterocycles. The van der Waals surface area contributed by atoms with Crippen molar-refractivity contribution in [3.8, 4) is 5.75 Å². The maximum Gasteiger partial charge on any atom is 0.260 e. The Morgan fingerprint density at radius 2 is 1.89 bits per heavy atom. The molecule has 18 heavy (non-hydrogen) atoms. The first-order valence-corrected chi connectivity index (χ1v) is 6.60. The van der Waals surface area contributed by atoms with Crippen LogP contribution in [0.4, 0.5) is 0 Å². The molecule has 1 aromatic rings. The van der Waals surface area contributed by atoms with Crippen LogP contribution in [0.25, 0.3) is 0 Å². The molecule has 1 amide bonds. The van der Waals surface area contributed by atoms with Gasteiger partial charge in [0.15, 0.2) is 6.61 Å². The highest BCUT2D eigenvalue weighted by Gasteiger charge is 2.31. The van der Waals surface area contributed by atoms with E-state index in [-0.39, 0.29) is 12.5 Å². The highest BCUT2D eigenvalue weighted by Crippen LogP contribution is 2.26. The standard InChI is InChI=1S/C15H21NO2/c1-4-16(13-5-6-13)15(17)10-18-14-8-11(2)7-12(3)9-14/h7-9,13H,4-6,10H2,1-3H3. The second-order valence-electron chi connectivity index (χ2n) is 5.02. The number of benzene rings is 1. The SMILES string of the molecule is CCN(C(=O)COc1cc(C)cc(C)c1)C1CC1. The summed E-state index contributed by atoms with van der Waals surface area (Å²) in [6, 6.07) is 6.49. The summed E-state index contributed by atoms with van der Waals surface area (Å²) < 4.78 is 5.60. The first kappa shape index (κ1) is 12.9. The van der Waals surface area contributed by atoms with Crippen LogP contribution >= 0.6 is 0 Å². The highest BCUT2D eigenvalue weighted by molar-refractivity contribution is 5.78. The summed E-state index contributed by atoms with van der Waals surface area (Å²) in [5, 5.41) is 0. The fraction of sp³-hybridized carbons (Fsp3) is 0.533. The molecule has 0 heterocycles. The number of hydrogen-bond acceptors (Lipinski definition) is 2. The average Bonchev–Trinajstić information content (AvgIpc) is 3.10. The molecule has 0 aromatic heterocycles. The molecule has 3 nitrogen and oxygen atoms in total. The third-order valence-corrected chi connectivity index (χ3v) is 3.21. The minimum absolute atomic E-state index is 0.0964. The van der Waals surface area contributed by atoms with E-state index in [4.69, 9.17) is 4.74 Å². The zero-order valence-corrected chi connectivity index (χ0v) is 11.4. The summed E-state index contributed by atoms with van der Waals surface area (Å²) in [4.78, 5) is 13.9. The molecule has 1 aliphatic carbocycles. The van der Waals surface area contributed by atoms with Gasteiger partial charge in [0.05, 0.1) is 0 Å². The van der Waals surface area contributed by atoms with Gasteiger partial charge in [0.1, 0.15) is 5.75 Å². The van der Waals surface area contributed by atoms with Gasteiger partial charge in [-0.3, -0.25) is 4.79 Å². The van der Waals surface area contributed by atoms with E-state index in [9.17, 15) is 4.79 Å². The Labute approximate surface area is 109 Å². The van der Waals surface area contributed by atoms with Crippen LogP contribution in [0.3, 0.4) is 0 Å². The van der Waals surface area contributed by atoms with Gasteiger partial charge in [-0.25, -0.2) is 0 Å². The molecule has 1 fully saturated rings. The molecule has 1 aromatic carbocycles. The van der Waals surface area contributed by atoms with Crippen LogP contribution in [0.1, 0.15) is 30.9 Å². The predicted molar refractivity (Wildman–Crippen MR) is 71.8 cm³/mol. The number of likely N-dealkylation sites (N-methyl/N-ethyl adjacent to an activating group) is 1. The Bertz CT molecular complexity index is 418. The molecule has 98 valence electrons. The average molecular weight is 247 g/mol. The lowest BCUT2D eigenvalue weighted by Gasteiger charge is -2.20. The molecule has 0 spiro atoms. The van der Waals surface area contributed by atoms with E-state index in [1.54, 1.807) is 0 Å². The van der Waals surface area contributed by atoms with Crippen molar-refractivity contribution in [1.82, 2.24) is 4.90 Å². The molecular weight excluding hydrogens is 226 g/mol. The molecule has 0 bridgehead atoms. The van der Waals surface area contributed by atoms with E-state index >= 15 is 0 Å². The van der Waals surface area contributed by atoms with Crippen molar-refractivity contribution in [3.05, 3.63) is 29.3 Å². The lowest BCUT2D eigenvalue weighted by molar-refractivity contribution is -0.133. The molecule has 2 rings (SSSR count). The summed E-state index contributed by atoms with van der Waals surface area (Å²) >= 11 is 0. The third kappa shape index (κ3) is 3.25. The minimum Gasteiger partial charge on any atom is -0.484 e. The van der Waals surface area contributed by atoms with Gasteiger partial charge >= 0.3 is 0 Å². The maximum absolute atomic E-state index is 12.0. The Morgan fingerprint density at radius 3 is 2.39 bits per heavy atom. The number of ether oxygens (including phenoxy) is 1. The number of nitrogens with zero attached hydrogens (tertiary/aromatic N) is 1. The van der Waals surface area contributed by atoms with Crippen LogP contribution in [-0.4, -0.2) is 30.0 Å². The fourth-order valence-electron chi connectivity index (χ4n) is 2.27. The zero-order chi connectivity index (χ0) is 13.1. The normalized spacial score (nSPS) is 14.4. The zero-order valence-electron chi connectivity index (χ0n) is 11.4. The van der Waals surface area contributed by atoms with Crippen molar-refractivity contribution < 1.29 is 9.53 Å². The minimum atomic E-state index is 0.0964. The van der Waals surface area contributed by atoms with Gasteiger partial charge in [-0.15, -0.1) is 0 Å². The lowest BCUT2D eigenvalue weighted by Crippen LogP contribution is -2.36. The van der Waals surface area contributed by atoms with Crippen LogP contribution in [0.2, 0.25) is 0 Å². The number of amides is 1. The van der Waals surface area contributed by atoms with Gasteiger partial charge in [-0.05, 0) is 56.9 Å². The largest absolute Gasteiger partial charge is 0.484 e. The number of carbonyl (C=O) groups is 1. The van der Waals surface area contributed by atoms with Gasteiger partial charge in [0.25, 0.3) is 5.91 Å². The van der Waals surface area contributed by atoms with E-state index in [2.05, 4.69) is 6.07 Å². The Kier molecular flexibility index (Phi) is 3.90. The molecule has 0 unspecified atom stereocenters. The number of hydrogen-bond donors (Lipinski definition) is 0. The van der Waals surface area contributed by atoms with Crippen molar-refractivity contribution in [1.29, 1.82) is 0 Å². The fourth-order valence-corrected chi connectivity index (χ4v) is 2.27. The smallest absolute Gasteiger partial charge is 0.260 e. The summed E-state index contributed by atoms with van der Waals surface area (Å²) in [6.07, 6.45) is 2.28. The van der Waals surface area contributed by atoms with E-state index in [0.29, 0.717) is 6.04 Å². The van der Waals surface area contributed by atoms with Gasteiger partial charge < -0.3 is 9.64 Å². The molecule has 0 N–H and O–H groups in total. The topological polar surface area (TPSA) is 29.5 Å². The maximum atomic E-state index is 12.0. The number of aryl methyl sites for hydroxylation is 2. The first-order chi connectivity index (χ1) is 8.60. The molecular formula is C15H21NO2. The van der Waals surface area contributed by atoms with Crippen molar-refractivity contribution in [2.45, 2.75) is 39.7 Å². The van der Waals surface area contributed by atoms with E-state index < -0.39 is 0 Å². The van der Waals surface area contributed by atoms with Crippen molar-refractivity contribution in [2.24, 2.45) is 0 Å². The molecule has 0 radical (unpaired) electrons. The lowest BCUT2D eigenvalue weighted by atomic mass is 10.1. The first-order valence-electron chi connectivity index (χ1n) is 6.60. The Morgan fingerprint density at radius 1 is 1.28 bits per heavy atom. The second-order valence-corrected chi connectivity index (χ2v) is 5.02. The number of carbonyl (C=O) groups excluding carboxylic acids is 1. The van der Waals surface area contributed by atoms with Gasteiger partial charge in [0, 0.05) is 12.6 Å². The molecule has 1 aliphatic rings.